The third-order valence-corrected chi connectivity index (χ3v) is 2.97. The van der Waals surface area contributed by atoms with E-state index in [9.17, 15) is 0 Å². The van der Waals surface area contributed by atoms with Gasteiger partial charge in [0.15, 0.2) is 0 Å². The molecule has 0 heterocycles. The van der Waals surface area contributed by atoms with Gasteiger partial charge < -0.3 is 0 Å². The van der Waals surface area contributed by atoms with Crippen LogP contribution in [0.5, 0.6) is 0 Å². The molecule has 1 saturated carbocycles. The van der Waals surface area contributed by atoms with E-state index in [1.165, 1.54) is 38.5 Å². The summed E-state index contributed by atoms with van der Waals surface area (Å²) >= 11 is 0. The van der Waals surface area contributed by atoms with Gasteiger partial charge in [-0.2, -0.15) is 0 Å². The number of allylic oxidation sites excluding steroid dienone is 1. The van der Waals surface area contributed by atoms with Crippen molar-refractivity contribution in [3.63, 3.8) is 0 Å². The van der Waals surface area contributed by atoms with Crippen molar-refractivity contribution in [1.29, 1.82) is 0 Å². The molecule has 0 aromatic heterocycles. The number of hydrogen-bond acceptors (Lipinski definition) is 0. The molecule has 1 fully saturated rings. The minimum absolute atomic E-state index is 0.700. The highest BCUT2D eigenvalue weighted by Crippen LogP contribution is 2.45. The first kappa shape index (κ1) is 6.24. The lowest BCUT2D eigenvalue weighted by Crippen LogP contribution is -2.15. The molecule has 2 aliphatic carbocycles. The van der Waals surface area contributed by atoms with Crippen LogP contribution in [0.15, 0.2) is 17.9 Å². The first-order chi connectivity index (χ1) is 4.91. The van der Waals surface area contributed by atoms with Gasteiger partial charge in [-0.15, -0.1) is 5.73 Å². The Morgan fingerprint density at radius 2 is 1.60 bits per heavy atom. The van der Waals surface area contributed by atoms with Crippen molar-refractivity contribution in [3.8, 4) is 0 Å². The average molecular weight is 134 g/mol. The number of hydrogen-bond donors (Lipinski definition) is 0. The molecule has 1 spiro atoms. The lowest BCUT2D eigenvalue weighted by Gasteiger charge is -2.26. The lowest BCUT2D eigenvalue weighted by atomic mass is 9.78. The molecule has 2 rings (SSSR count). The highest BCUT2D eigenvalue weighted by Gasteiger charge is 2.32. The second-order valence-corrected chi connectivity index (χ2v) is 3.69. The second kappa shape index (κ2) is 2.29. The van der Waals surface area contributed by atoms with E-state index in [4.69, 9.17) is 0 Å². The van der Waals surface area contributed by atoms with Gasteiger partial charge in [0.2, 0.25) is 0 Å². The van der Waals surface area contributed by atoms with Crippen LogP contribution in [0.3, 0.4) is 0 Å². The predicted molar refractivity (Wildman–Crippen MR) is 42.8 cm³/mol. The molecule has 0 aliphatic heterocycles. The quantitative estimate of drug-likeness (QED) is 0.447. The van der Waals surface area contributed by atoms with Gasteiger partial charge in [-0.05, 0) is 43.3 Å². The summed E-state index contributed by atoms with van der Waals surface area (Å²) in [5.41, 5.74) is 3.89. The molecule has 0 radical (unpaired) electrons. The van der Waals surface area contributed by atoms with Gasteiger partial charge >= 0.3 is 0 Å². The van der Waals surface area contributed by atoms with Crippen molar-refractivity contribution in [2.45, 2.75) is 38.5 Å². The van der Waals surface area contributed by atoms with Crippen LogP contribution in [0.1, 0.15) is 38.5 Å². The van der Waals surface area contributed by atoms with Gasteiger partial charge in [0.05, 0.1) is 0 Å². The normalized spacial score (nSPS) is 28.0. The van der Waals surface area contributed by atoms with E-state index in [2.05, 4.69) is 17.9 Å². The standard InChI is InChI=1S/C10H14/c1-2-6-10(7-3-1)8-4-5-9-10/h2-3H,4-9H2. The third kappa shape index (κ3) is 0.932. The largest absolute Gasteiger partial charge is 0.130 e. The molecule has 0 amide bonds. The van der Waals surface area contributed by atoms with E-state index in [0.717, 1.165) is 0 Å². The van der Waals surface area contributed by atoms with Crippen molar-refractivity contribution in [3.05, 3.63) is 17.9 Å². The maximum atomic E-state index is 3.19. The Morgan fingerprint density at radius 1 is 1.00 bits per heavy atom. The molecule has 0 aromatic carbocycles. The topological polar surface area (TPSA) is 0 Å². The zero-order valence-corrected chi connectivity index (χ0v) is 6.40. The molecule has 0 unspecified atom stereocenters. The molecule has 0 N–H and O–H groups in total. The van der Waals surface area contributed by atoms with Crippen LogP contribution < -0.4 is 0 Å². The summed E-state index contributed by atoms with van der Waals surface area (Å²) in [5, 5.41) is 0. The van der Waals surface area contributed by atoms with Crippen LogP contribution >= 0.6 is 0 Å². The molecular weight excluding hydrogens is 120 g/mol. The highest BCUT2D eigenvalue weighted by molar-refractivity contribution is 5.02. The van der Waals surface area contributed by atoms with E-state index in [-0.39, 0.29) is 0 Å². The maximum absolute atomic E-state index is 3.19. The zero-order valence-electron chi connectivity index (χ0n) is 6.40. The smallest absolute Gasteiger partial charge is 0.0214 e. The minimum atomic E-state index is 0.700. The summed E-state index contributed by atoms with van der Waals surface area (Å²) in [6.07, 6.45) is 12.9. The Kier molecular flexibility index (Phi) is 1.43. The van der Waals surface area contributed by atoms with E-state index in [0.29, 0.717) is 5.41 Å². The summed E-state index contributed by atoms with van der Waals surface area (Å²) in [7, 11) is 0. The Bertz CT molecular complexity index is 164. The Morgan fingerprint density at radius 3 is 2.20 bits per heavy atom. The van der Waals surface area contributed by atoms with E-state index >= 15 is 0 Å². The first-order valence-corrected chi connectivity index (χ1v) is 4.31. The van der Waals surface area contributed by atoms with Crippen LogP contribution in [0.2, 0.25) is 0 Å². The molecule has 0 heteroatoms. The Hall–Kier alpha value is -0.480. The van der Waals surface area contributed by atoms with Crippen LogP contribution in [0.4, 0.5) is 0 Å². The molecule has 0 saturated heterocycles. The molecule has 2 aliphatic rings. The Balaban J connectivity index is 2.11. The SMILES string of the molecule is C1=CCC2(CC=1)CCCC2. The van der Waals surface area contributed by atoms with E-state index in [1.54, 1.807) is 0 Å². The molecule has 0 bridgehead atoms. The van der Waals surface area contributed by atoms with Crippen LogP contribution in [-0.4, -0.2) is 0 Å². The van der Waals surface area contributed by atoms with Crippen molar-refractivity contribution in [1.82, 2.24) is 0 Å². The van der Waals surface area contributed by atoms with Crippen molar-refractivity contribution in [2.24, 2.45) is 5.41 Å². The average Bonchev–Trinajstić information content (AvgIpc) is 2.39. The highest BCUT2D eigenvalue weighted by atomic mass is 14.4. The minimum Gasteiger partial charge on any atom is -0.130 e. The predicted octanol–water partition coefficient (Wildman–Crippen LogP) is 3.05. The van der Waals surface area contributed by atoms with Gasteiger partial charge in [-0.25, -0.2) is 0 Å². The summed E-state index contributed by atoms with van der Waals surface area (Å²) in [5.74, 6) is 0. The monoisotopic (exact) mass is 134 g/mol. The summed E-state index contributed by atoms with van der Waals surface area (Å²) < 4.78 is 0. The number of rotatable bonds is 0. The molecule has 0 nitrogen and oxygen atoms in total. The van der Waals surface area contributed by atoms with Gasteiger partial charge in [0.1, 0.15) is 0 Å². The van der Waals surface area contributed by atoms with Gasteiger partial charge in [0, 0.05) is 0 Å². The van der Waals surface area contributed by atoms with E-state index < -0.39 is 0 Å². The van der Waals surface area contributed by atoms with Crippen LogP contribution in [0.25, 0.3) is 0 Å². The van der Waals surface area contributed by atoms with Crippen molar-refractivity contribution in [2.75, 3.05) is 0 Å². The first-order valence-electron chi connectivity index (χ1n) is 4.31. The zero-order chi connectivity index (χ0) is 6.86. The summed E-state index contributed by atoms with van der Waals surface area (Å²) in [4.78, 5) is 0. The van der Waals surface area contributed by atoms with E-state index in [1.807, 2.05) is 0 Å². The lowest BCUT2D eigenvalue weighted by molar-refractivity contribution is 0.301. The van der Waals surface area contributed by atoms with Crippen LogP contribution in [0, 0.1) is 5.41 Å². The maximum Gasteiger partial charge on any atom is -0.0214 e. The molecule has 0 aromatic rings. The Labute approximate surface area is 62.6 Å². The molecule has 10 heavy (non-hydrogen) atoms. The van der Waals surface area contributed by atoms with Crippen molar-refractivity contribution < 1.29 is 0 Å². The molecule has 0 atom stereocenters. The summed E-state index contributed by atoms with van der Waals surface area (Å²) in [6.45, 7) is 0. The van der Waals surface area contributed by atoms with Crippen molar-refractivity contribution >= 4 is 0 Å². The van der Waals surface area contributed by atoms with Crippen LogP contribution in [-0.2, 0) is 0 Å². The van der Waals surface area contributed by atoms with Gasteiger partial charge in [-0.1, -0.05) is 12.8 Å². The molecule has 54 valence electrons. The summed E-state index contributed by atoms with van der Waals surface area (Å²) in [6, 6.07) is 0. The van der Waals surface area contributed by atoms with Gasteiger partial charge in [0.25, 0.3) is 0 Å². The fraction of sp³-hybridized carbons (Fsp3) is 0.700. The second-order valence-electron chi connectivity index (χ2n) is 3.69. The fourth-order valence-corrected chi connectivity index (χ4v) is 2.25. The van der Waals surface area contributed by atoms with Gasteiger partial charge in [-0.3, -0.25) is 0 Å². The third-order valence-electron chi connectivity index (χ3n) is 2.97. The fourth-order valence-electron chi connectivity index (χ4n) is 2.25. The molecular formula is C10H14.